The van der Waals surface area contributed by atoms with Gasteiger partial charge < -0.3 is 15.1 Å². The first-order valence-corrected chi connectivity index (χ1v) is 13.5. The van der Waals surface area contributed by atoms with Crippen LogP contribution in [0.5, 0.6) is 0 Å². The molecule has 0 aliphatic carbocycles. The van der Waals surface area contributed by atoms with Crippen LogP contribution in [0.1, 0.15) is 35.1 Å². The number of fused-ring (bicyclic) bond motifs is 1. The van der Waals surface area contributed by atoms with Crippen LogP contribution in [0, 0.1) is 6.92 Å². The van der Waals surface area contributed by atoms with Gasteiger partial charge in [-0.15, -0.1) is 11.3 Å². The fraction of sp³-hybridized carbons (Fsp3) is 0.333. The maximum absolute atomic E-state index is 13.3. The van der Waals surface area contributed by atoms with Crippen molar-refractivity contribution < 1.29 is 9.59 Å². The van der Waals surface area contributed by atoms with E-state index in [-0.39, 0.29) is 24.4 Å². The summed E-state index contributed by atoms with van der Waals surface area (Å²) in [5.74, 6) is -0.403. The largest absolute Gasteiger partial charge is 0.368 e. The number of halogens is 1. The number of pyridine rings is 1. The molecule has 8 nitrogen and oxygen atoms in total. The smallest absolute Gasteiger partial charge is 0.252 e. The van der Waals surface area contributed by atoms with Gasteiger partial charge in [-0.1, -0.05) is 11.6 Å². The lowest BCUT2D eigenvalue weighted by molar-refractivity contribution is -0.130. The van der Waals surface area contributed by atoms with Crippen LogP contribution in [-0.4, -0.2) is 64.2 Å². The Kier molecular flexibility index (Phi) is 7.17. The average molecular weight is 537 g/mol. The SMILES string of the molecule is Cc1ccc(-c2cc(C(=O)NCC(=O)N3CCN(c4ccc(Cl)cc4)CC3)c3cnn(C(C)C)c3n2)s1. The zero-order chi connectivity index (χ0) is 26.1. The van der Waals surface area contributed by atoms with E-state index in [9.17, 15) is 9.59 Å². The Bertz CT molecular complexity index is 1440. The highest BCUT2D eigenvalue weighted by Crippen LogP contribution is 2.30. The van der Waals surface area contributed by atoms with Crippen molar-refractivity contribution in [2.24, 2.45) is 0 Å². The molecule has 0 atom stereocenters. The molecular formula is C27H29ClN6O2S. The van der Waals surface area contributed by atoms with Gasteiger partial charge in [0.1, 0.15) is 0 Å². The molecule has 0 unspecified atom stereocenters. The van der Waals surface area contributed by atoms with Gasteiger partial charge in [0.25, 0.3) is 5.91 Å². The topological polar surface area (TPSA) is 83.4 Å². The van der Waals surface area contributed by atoms with Crippen LogP contribution in [0.2, 0.25) is 5.02 Å². The minimum atomic E-state index is -0.307. The van der Waals surface area contributed by atoms with Gasteiger partial charge in [-0.3, -0.25) is 9.59 Å². The zero-order valence-electron chi connectivity index (χ0n) is 21.1. The van der Waals surface area contributed by atoms with Crippen molar-refractivity contribution in [2.75, 3.05) is 37.6 Å². The van der Waals surface area contributed by atoms with Crippen molar-refractivity contribution in [3.8, 4) is 10.6 Å². The molecule has 3 aromatic heterocycles. The Balaban J connectivity index is 1.28. The number of nitrogens with one attached hydrogen (secondary N) is 1. The lowest BCUT2D eigenvalue weighted by Gasteiger charge is -2.36. The van der Waals surface area contributed by atoms with Crippen LogP contribution < -0.4 is 10.2 Å². The number of amides is 2. The monoisotopic (exact) mass is 536 g/mol. The van der Waals surface area contributed by atoms with E-state index in [4.69, 9.17) is 16.6 Å². The molecule has 10 heteroatoms. The summed E-state index contributed by atoms with van der Waals surface area (Å²) >= 11 is 7.62. The Hall–Kier alpha value is -3.43. The molecule has 192 valence electrons. The molecule has 5 rings (SSSR count). The normalized spacial score (nSPS) is 14.0. The van der Waals surface area contributed by atoms with E-state index in [2.05, 4.69) is 15.3 Å². The maximum atomic E-state index is 13.3. The van der Waals surface area contributed by atoms with Crippen molar-refractivity contribution >= 4 is 51.5 Å². The summed E-state index contributed by atoms with van der Waals surface area (Å²) in [5, 5.41) is 8.69. The first-order valence-electron chi connectivity index (χ1n) is 12.3. The summed E-state index contributed by atoms with van der Waals surface area (Å²) in [6.45, 7) is 8.69. The molecule has 4 aromatic rings. The minimum Gasteiger partial charge on any atom is -0.368 e. The van der Waals surface area contributed by atoms with Gasteiger partial charge in [-0.2, -0.15) is 5.10 Å². The summed E-state index contributed by atoms with van der Waals surface area (Å²) in [6.07, 6.45) is 1.68. The molecule has 1 aliphatic rings. The predicted octanol–water partition coefficient (Wildman–Crippen LogP) is 4.78. The number of anilines is 1. The van der Waals surface area contributed by atoms with E-state index >= 15 is 0 Å². The number of rotatable bonds is 6. The molecule has 0 spiro atoms. The van der Waals surface area contributed by atoms with E-state index < -0.39 is 0 Å². The summed E-state index contributed by atoms with van der Waals surface area (Å²) in [5.41, 5.74) is 2.94. The Labute approximate surface area is 224 Å². The number of nitrogens with zero attached hydrogens (tertiary/aromatic N) is 5. The van der Waals surface area contributed by atoms with Gasteiger partial charge in [-0.05, 0) is 63.2 Å². The fourth-order valence-corrected chi connectivity index (χ4v) is 5.47. The Morgan fingerprint density at radius 2 is 1.81 bits per heavy atom. The molecule has 37 heavy (non-hydrogen) atoms. The quantitative estimate of drug-likeness (QED) is 0.383. The molecule has 2 amide bonds. The van der Waals surface area contributed by atoms with E-state index in [1.165, 1.54) is 4.88 Å². The second-order valence-electron chi connectivity index (χ2n) is 9.41. The third kappa shape index (κ3) is 5.33. The van der Waals surface area contributed by atoms with Gasteiger partial charge in [0.2, 0.25) is 5.91 Å². The third-order valence-electron chi connectivity index (χ3n) is 6.52. The van der Waals surface area contributed by atoms with Gasteiger partial charge in [0.05, 0.1) is 34.3 Å². The fourth-order valence-electron chi connectivity index (χ4n) is 4.51. The van der Waals surface area contributed by atoms with Crippen molar-refractivity contribution in [3.63, 3.8) is 0 Å². The van der Waals surface area contributed by atoms with Crippen molar-refractivity contribution in [2.45, 2.75) is 26.8 Å². The van der Waals surface area contributed by atoms with Gasteiger partial charge in [0, 0.05) is 47.8 Å². The van der Waals surface area contributed by atoms with Crippen LogP contribution in [0.25, 0.3) is 21.6 Å². The van der Waals surface area contributed by atoms with E-state index in [1.54, 1.807) is 28.5 Å². The molecule has 1 fully saturated rings. The lowest BCUT2D eigenvalue weighted by atomic mass is 10.1. The van der Waals surface area contributed by atoms with Crippen LogP contribution >= 0.6 is 22.9 Å². The molecule has 0 bridgehead atoms. The number of aryl methyl sites for hydroxylation is 1. The number of aromatic nitrogens is 3. The average Bonchev–Trinajstić information content (AvgIpc) is 3.53. The maximum Gasteiger partial charge on any atom is 0.252 e. The van der Waals surface area contributed by atoms with Crippen LogP contribution in [0.15, 0.2) is 48.7 Å². The summed E-state index contributed by atoms with van der Waals surface area (Å²) < 4.78 is 1.82. The Morgan fingerprint density at radius 1 is 1.08 bits per heavy atom. The second kappa shape index (κ2) is 10.5. The van der Waals surface area contributed by atoms with E-state index in [0.29, 0.717) is 34.7 Å². The molecular weight excluding hydrogens is 508 g/mol. The highest BCUT2D eigenvalue weighted by Gasteiger charge is 2.23. The molecule has 1 N–H and O–H groups in total. The molecule has 0 saturated carbocycles. The molecule has 0 radical (unpaired) electrons. The molecule has 1 saturated heterocycles. The summed E-state index contributed by atoms with van der Waals surface area (Å²) in [6, 6.07) is 13.7. The van der Waals surface area contributed by atoms with E-state index in [0.717, 1.165) is 29.3 Å². The van der Waals surface area contributed by atoms with Crippen LogP contribution in [0.4, 0.5) is 5.69 Å². The summed E-state index contributed by atoms with van der Waals surface area (Å²) in [4.78, 5) is 37.2. The van der Waals surface area contributed by atoms with Crippen LogP contribution in [0.3, 0.4) is 0 Å². The van der Waals surface area contributed by atoms with Gasteiger partial charge >= 0.3 is 0 Å². The molecule has 1 aromatic carbocycles. The molecule has 4 heterocycles. The van der Waals surface area contributed by atoms with Gasteiger partial charge in [-0.25, -0.2) is 9.67 Å². The highest BCUT2D eigenvalue weighted by molar-refractivity contribution is 7.15. The van der Waals surface area contributed by atoms with Crippen LogP contribution in [-0.2, 0) is 4.79 Å². The van der Waals surface area contributed by atoms with Gasteiger partial charge in [0.15, 0.2) is 5.65 Å². The highest BCUT2D eigenvalue weighted by atomic mass is 35.5. The number of thiophene rings is 1. The second-order valence-corrected chi connectivity index (χ2v) is 11.1. The standard InChI is InChI=1S/C27H29ClN6O2S/c1-17(2)34-26-22(15-30-34)21(14-23(31-26)24-9-4-18(3)37-24)27(36)29-16-25(35)33-12-10-32(11-13-33)20-7-5-19(28)6-8-20/h4-9,14-15,17H,10-13,16H2,1-3H3,(H,29,36). The van der Waals surface area contributed by atoms with Crippen molar-refractivity contribution in [3.05, 3.63) is 64.1 Å². The number of carbonyl (C=O) groups excluding carboxylic acids is 2. The van der Waals surface area contributed by atoms with Crippen molar-refractivity contribution in [1.82, 2.24) is 25.0 Å². The lowest BCUT2D eigenvalue weighted by Crippen LogP contribution is -2.51. The number of benzene rings is 1. The minimum absolute atomic E-state index is 0.0602. The molecule has 1 aliphatic heterocycles. The zero-order valence-corrected chi connectivity index (χ0v) is 22.6. The first-order chi connectivity index (χ1) is 17.8. The predicted molar refractivity (Wildman–Crippen MR) is 149 cm³/mol. The number of piperazine rings is 1. The summed E-state index contributed by atoms with van der Waals surface area (Å²) in [7, 11) is 0. The third-order valence-corrected chi connectivity index (χ3v) is 7.79. The van der Waals surface area contributed by atoms with Crippen molar-refractivity contribution in [1.29, 1.82) is 0 Å². The Morgan fingerprint density at radius 3 is 2.46 bits per heavy atom. The number of hydrogen-bond donors (Lipinski definition) is 1. The number of carbonyl (C=O) groups is 2. The number of hydrogen-bond acceptors (Lipinski definition) is 6. The van der Waals surface area contributed by atoms with E-state index in [1.807, 2.05) is 61.9 Å². The first kappa shape index (κ1) is 25.2.